The zero-order valence-electron chi connectivity index (χ0n) is 16.5. The Morgan fingerprint density at radius 1 is 0.968 bits per heavy atom. The van der Waals surface area contributed by atoms with Crippen LogP contribution in [0.15, 0.2) is 58.3 Å². The minimum atomic E-state index is -4.08. The van der Waals surface area contributed by atoms with Gasteiger partial charge < -0.3 is 4.90 Å². The number of sulfone groups is 1. The van der Waals surface area contributed by atoms with Gasteiger partial charge in [0.2, 0.25) is 15.9 Å². The number of carbonyl (C=O) groups is 1. The molecular formula is C20H22F2N2O5S2. The highest BCUT2D eigenvalue weighted by molar-refractivity contribution is 7.92. The molecule has 0 aromatic heterocycles. The molecule has 1 amide bonds. The second-order valence-corrected chi connectivity index (χ2v) is 11.1. The van der Waals surface area contributed by atoms with Crippen molar-refractivity contribution in [2.45, 2.75) is 34.3 Å². The molecule has 0 spiro atoms. The Balaban J connectivity index is 1.51. The van der Waals surface area contributed by atoms with Crippen LogP contribution in [0.4, 0.5) is 8.78 Å². The normalized spacial score (nSPS) is 15.7. The van der Waals surface area contributed by atoms with Crippen molar-refractivity contribution >= 4 is 25.8 Å². The Bertz CT molecular complexity index is 1140. The number of nitrogens with zero attached hydrogens (tertiary/aromatic N) is 1. The number of halogens is 2. The quantitative estimate of drug-likeness (QED) is 0.622. The molecule has 3 rings (SSSR count). The average molecular weight is 473 g/mol. The van der Waals surface area contributed by atoms with E-state index in [4.69, 9.17) is 0 Å². The van der Waals surface area contributed by atoms with E-state index < -0.39 is 41.6 Å². The topological polar surface area (TPSA) is 101 Å². The van der Waals surface area contributed by atoms with E-state index in [-0.39, 0.29) is 49.7 Å². The molecule has 0 saturated carbocycles. The summed E-state index contributed by atoms with van der Waals surface area (Å²) in [7, 11) is -7.71. The van der Waals surface area contributed by atoms with Crippen LogP contribution in [0.1, 0.15) is 19.3 Å². The molecule has 168 valence electrons. The summed E-state index contributed by atoms with van der Waals surface area (Å²) in [5.74, 6) is -1.73. The van der Waals surface area contributed by atoms with Gasteiger partial charge in [0, 0.05) is 26.1 Å². The molecule has 0 radical (unpaired) electrons. The summed E-state index contributed by atoms with van der Waals surface area (Å²) in [6, 6.07) is 9.57. The maximum absolute atomic E-state index is 13.7. The minimum absolute atomic E-state index is 0.0428. The van der Waals surface area contributed by atoms with Gasteiger partial charge in [-0.2, -0.15) is 0 Å². The molecule has 1 aliphatic heterocycles. The number of benzene rings is 2. The van der Waals surface area contributed by atoms with Crippen molar-refractivity contribution in [2.24, 2.45) is 0 Å². The molecule has 0 unspecified atom stereocenters. The van der Waals surface area contributed by atoms with Gasteiger partial charge in [0.1, 0.15) is 16.5 Å². The molecule has 1 aliphatic rings. The van der Waals surface area contributed by atoms with Crippen LogP contribution in [0.25, 0.3) is 0 Å². The molecule has 1 saturated heterocycles. The Morgan fingerprint density at radius 2 is 1.58 bits per heavy atom. The molecule has 31 heavy (non-hydrogen) atoms. The van der Waals surface area contributed by atoms with Crippen molar-refractivity contribution in [3.8, 4) is 0 Å². The summed E-state index contributed by atoms with van der Waals surface area (Å²) in [5.41, 5.74) is 0. The predicted molar refractivity (Wildman–Crippen MR) is 109 cm³/mol. The van der Waals surface area contributed by atoms with Crippen LogP contribution in [-0.2, 0) is 24.7 Å². The third-order valence-electron chi connectivity index (χ3n) is 5.13. The third kappa shape index (κ3) is 5.46. The first-order valence-electron chi connectivity index (χ1n) is 9.63. The SMILES string of the molecule is O=C(CCNS(=O)(=O)c1ccccc1F)N1CCC(S(=O)(=O)c2ccc(F)cc2)CC1. The molecular weight excluding hydrogens is 450 g/mol. The van der Waals surface area contributed by atoms with E-state index >= 15 is 0 Å². The number of nitrogens with one attached hydrogen (secondary N) is 1. The lowest BCUT2D eigenvalue weighted by Gasteiger charge is -2.31. The molecule has 7 nitrogen and oxygen atoms in total. The summed E-state index contributed by atoms with van der Waals surface area (Å²) in [6.45, 7) is 0.220. The molecule has 1 heterocycles. The lowest BCUT2D eigenvalue weighted by molar-refractivity contribution is -0.131. The van der Waals surface area contributed by atoms with E-state index in [0.717, 1.165) is 24.3 Å². The number of rotatable bonds is 7. The monoisotopic (exact) mass is 472 g/mol. The van der Waals surface area contributed by atoms with Crippen LogP contribution in [0.5, 0.6) is 0 Å². The van der Waals surface area contributed by atoms with Gasteiger partial charge in [-0.25, -0.2) is 30.3 Å². The van der Waals surface area contributed by atoms with Gasteiger partial charge >= 0.3 is 0 Å². The van der Waals surface area contributed by atoms with Gasteiger partial charge in [0.05, 0.1) is 10.1 Å². The van der Waals surface area contributed by atoms with Crippen molar-refractivity contribution in [1.82, 2.24) is 9.62 Å². The van der Waals surface area contributed by atoms with Crippen molar-refractivity contribution in [3.63, 3.8) is 0 Å². The summed E-state index contributed by atoms with van der Waals surface area (Å²) in [5, 5.41) is -0.679. The van der Waals surface area contributed by atoms with Gasteiger partial charge in [-0.05, 0) is 49.2 Å². The smallest absolute Gasteiger partial charge is 0.243 e. The maximum atomic E-state index is 13.7. The number of hydrogen-bond donors (Lipinski definition) is 1. The van der Waals surface area contributed by atoms with Crippen molar-refractivity contribution < 1.29 is 30.4 Å². The van der Waals surface area contributed by atoms with Crippen LogP contribution < -0.4 is 4.72 Å². The van der Waals surface area contributed by atoms with E-state index in [1.165, 1.54) is 29.2 Å². The molecule has 0 aliphatic carbocycles. The van der Waals surface area contributed by atoms with Crippen LogP contribution in [0.2, 0.25) is 0 Å². The van der Waals surface area contributed by atoms with Gasteiger partial charge in [-0.15, -0.1) is 0 Å². The van der Waals surface area contributed by atoms with Gasteiger partial charge in [0.25, 0.3) is 0 Å². The second-order valence-electron chi connectivity index (χ2n) is 7.16. The predicted octanol–water partition coefficient (Wildman–Crippen LogP) is 2.10. The highest BCUT2D eigenvalue weighted by Gasteiger charge is 2.32. The van der Waals surface area contributed by atoms with Crippen molar-refractivity contribution in [3.05, 3.63) is 60.2 Å². The standard InChI is InChI=1S/C20H22F2N2O5S2/c21-15-5-7-16(8-6-15)30(26,27)17-10-13-24(14-11-17)20(25)9-12-23-31(28,29)19-4-2-1-3-18(19)22/h1-8,17,23H,9-14H2. The van der Waals surface area contributed by atoms with Gasteiger partial charge in [-0.1, -0.05) is 12.1 Å². The highest BCUT2D eigenvalue weighted by atomic mass is 32.2. The van der Waals surface area contributed by atoms with Crippen molar-refractivity contribution in [2.75, 3.05) is 19.6 Å². The lowest BCUT2D eigenvalue weighted by Crippen LogP contribution is -2.43. The number of likely N-dealkylation sites (tertiary alicyclic amines) is 1. The number of hydrogen-bond acceptors (Lipinski definition) is 5. The fourth-order valence-corrected chi connectivity index (χ4v) is 6.26. The maximum Gasteiger partial charge on any atom is 0.243 e. The van der Waals surface area contributed by atoms with E-state index in [9.17, 15) is 30.4 Å². The van der Waals surface area contributed by atoms with Gasteiger partial charge in [-0.3, -0.25) is 4.79 Å². The Hall–Kier alpha value is -2.37. The average Bonchev–Trinajstić information content (AvgIpc) is 2.74. The second kappa shape index (κ2) is 9.41. The number of piperidine rings is 1. The molecule has 2 aromatic carbocycles. The molecule has 0 atom stereocenters. The Labute approximate surface area is 180 Å². The molecule has 1 fully saturated rings. The first-order valence-corrected chi connectivity index (χ1v) is 12.7. The summed E-state index contributed by atoms with van der Waals surface area (Å²) in [4.78, 5) is 13.4. The highest BCUT2D eigenvalue weighted by Crippen LogP contribution is 2.25. The first-order chi connectivity index (χ1) is 14.6. The van der Waals surface area contributed by atoms with Crippen LogP contribution in [0, 0.1) is 11.6 Å². The molecule has 1 N–H and O–H groups in total. The third-order valence-corrected chi connectivity index (χ3v) is 8.91. The van der Waals surface area contributed by atoms with E-state index in [0.29, 0.717) is 0 Å². The lowest BCUT2D eigenvalue weighted by atomic mass is 10.1. The number of sulfonamides is 1. The van der Waals surface area contributed by atoms with Crippen LogP contribution in [0.3, 0.4) is 0 Å². The van der Waals surface area contributed by atoms with Crippen LogP contribution >= 0.6 is 0 Å². The van der Waals surface area contributed by atoms with E-state index in [1.807, 2.05) is 0 Å². The Kier molecular flexibility index (Phi) is 7.07. The zero-order valence-corrected chi connectivity index (χ0v) is 18.1. The van der Waals surface area contributed by atoms with Gasteiger partial charge in [0.15, 0.2) is 9.84 Å². The summed E-state index contributed by atoms with van der Waals surface area (Å²) >= 11 is 0. The van der Waals surface area contributed by atoms with E-state index in [2.05, 4.69) is 4.72 Å². The fourth-order valence-electron chi connectivity index (χ4n) is 3.42. The molecule has 0 bridgehead atoms. The largest absolute Gasteiger partial charge is 0.343 e. The zero-order chi connectivity index (χ0) is 22.6. The summed E-state index contributed by atoms with van der Waals surface area (Å²) in [6.07, 6.45) is 0.321. The number of carbonyl (C=O) groups excluding carboxylic acids is 1. The number of amides is 1. The van der Waals surface area contributed by atoms with Crippen LogP contribution in [-0.4, -0.2) is 52.5 Å². The molecule has 2 aromatic rings. The fraction of sp³-hybridized carbons (Fsp3) is 0.350. The molecule has 11 heteroatoms. The minimum Gasteiger partial charge on any atom is -0.343 e. The summed E-state index contributed by atoms with van der Waals surface area (Å²) < 4.78 is 78.6. The van der Waals surface area contributed by atoms with E-state index in [1.54, 1.807) is 0 Å². The van der Waals surface area contributed by atoms with Crippen molar-refractivity contribution in [1.29, 1.82) is 0 Å². The first kappa shape index (κ1) is 23.3. The Morgan fingerprint density at radius 3 is 2.19 bits per heavy atom.